The maximum atomic E-state index is 12.3. The third-order valence-electron chi connectivity index (χ3n) is 3.66. The molecule has 0 aliphatic carbocycles. The quantitative estimate of drug-likeness (QED) is 0.774. The molecule has 134 valence electrons. The summed E-state index contributed by atoms with van der Waals surface area (Å²) in [6, 6.07) is 8.62. The molecule has 0 fully saturated rings. The minimum atomic E-state index is -0.756. The van der Waals surface area contributed by atoms with E-state index in [2.05, 4.69) is 10.6 Å². The van der Waals surface area contributed by atoms with Gasteiger partial charge in [0.15, 0.2) is 0 Å². The normalized spacial score (nSPS) is 11.7. The van der Waals surface area contributed by atoms with Crippen LogP contribution in [0.15, 0.2) is 35.7 Å². The lowest BCUT2D eigenvalue weighted by molar-refractivity contribution is -0.136. The van der Waals surface area contributed by atoms with Gasteiger partial charge in [-0.15, -0.1) is 11.3 Å². The summed E-state index contributed by atoms with van der Waals surface area (Å²) in [5.41, 5.74) is 0.374. The first-order valence-corrected chi connectivity index (χ1v) is 8.71. The molecule has 2 N–H and O–H groups in total. The Hall–Kier alpha value is -2.54. The van der Waals surface area contributed by atoms with Crippen LogP contribution in [0.1, 0.15) is 24.8 Å². The maximum Gasteiger partial charge on any atom is 0.313 e. The third-order valence-corrected chi connectivity index (χ3v) is 4.62. The van der Waals surface area contributed by atoms with Crippen LogP contribution in [0.4, 0.5) is 5.69 Å². The SMILES string of the molecule is COc1ccc(OC)c(NC(=O)C(=O)N[C@@H](c2cccs2)C(C)C)c1. The standard InChI is InChI=1S/C18H22N2O4S/c1-11(2)16(15-6-5-9-25-15)20-18(22)17(21)19-13-10-12(23-3)7-8-14(13)24-4/h5-11,16H,1-4H3,(H,19,21)(H,20,22)/t16-/m1/s1. The summed E-state index contributed by atoms with van der Waals surface area (Å²) in [4.78, 5) is 25.6. The van der Waals surface area contributed by atoms with Crippen molar-refractivity contribution in [3.63, 3.8) is 0 Å². The largest absolute Gasteiger partial charge is 0.497 e. The van der Waals surface area contributed by atoms with E-state index in [-0.39, 0.29) is 12.0 Å². The number of ether oxygens (including phenoxy) is 2. The van der Waals surface area contributed by atoms with E-state index in [0.717, 1.165) is 4.88 Å². The van der Waals surface area contributed by atoms with Crippen LogP contribution in [0.3, 0.4) is 0 Å². The van der Waals surface area contributed by atoms with Gasteiger partial charge in [0, 0.05) is 10.9 Å². The van der Waals surface area contributed by atoms with Gasteiger partial charge in [0.25, 0.3) is 0 Å². The van der Waals surface area contributed by atoms with Gasteiger partial charge in [0.1, 0.15) is 11.5 Å². The summed E-state index contributed by atoms with van der Waals surface area (Å²) in [7, 11) is 3.01. The number of hydrogen-bond donors (Lipinski definition) is 2. The highest BCUT2D eigenvalue weighted by atomic mass is 32.1. The molecule has 1 heterocycles. The highest BCUT2D eigenvalue weighted by Gasteiger charge is 2.24. The molecule has 0 aliphatic rings. The molecular formula is C18H22N2O4S. The number of benzene rings is 1. The first-order chi connectivity index (χ1) is 12.0. The molecule has 0 unspecified atom stereocenters. The lowest BCUT2D eigenvalue weighted by atomic mass is 10.0. The summed E-state index contributed by atoms with van der Waals surface area (Å²) < 4.78 is 10.3. The van der Waals surface area contributed by atoms with Gasteiger partial charge in [-0.05, 0) is 29.5 Å². The van der Waals surface area contributed by atoms with E-state index >= 15 is 0 Å². The summed E-state index contributed by atoms with van der Waals surface area (Å²) in [6.07, 6.45) is 0. The lowest BCUT2D eigenvalue weighted by Gasteiger charge is -2.21. The van der Waals surface area contributed by atoms with Crippen molar-refractivity contribution < 1.29 is 19.1 Å². The number of nitrogens with one attached hydrogen (secondary N) is 2. The van der Waals surface area contributed by atoms with Crippen LogP contribution in [-0.4, -0.2) is 26.0 Å². The second-order valence-electron chi connectivity index (χ2n) is 5.73. The molecule has 0 spiro atoms. The molecule has 0 saturated carbocycles. The summed E-state index contributed by atoms with van der Waals surface area (Å²) in [5.74, 6) is -0.303. The van der Waals surface area contributed by atoms with Gasteiger partial charge >= 0.3 is 11.8 Å². The Balaban J connectivity index is 2.11. The zero-order valence-electron chi connectivity index (χ0n) is 14.7. The average Bonchev–Trinajstić information content (AvgIpc) is 3.13. The number of thiophene rings is 1. The number of amides is 2. The zero-order valence-corrected chi connectivity index (χ0v) is 15.5. The Bertz CT molecular complexity index is 729. The fraction of sp³-hybridized carbons (Fsp3) is 0.333. The first kappa shape index (κ1) is 18.8. The van der Waals surface area contributed by atoms with Crippen LogP contribution in [0.5, 0.6) is 11.5 Å². The van der Waals surface area contributed by atoms with Crippen LogP contribution >= 0.6 is 11.3 Å². The van der Waals surface area contributed by atoms with Crippen molar-refractivity contribution in [2.45, 2.75) is 19.9 Å². The molecule has 0 bridgehead atoms. The van der Waals surface area contributed by atoms with Crippen molar-refractivity contribution in [2.24, 2.45) is 5.92 Å². The second-order valence-corrected chi connectivity index (χ2v) is 6.71. The molecule has 0 radical (unpaired) electrons. The minimum absolute atomic E-state index is 0.154. The van der Waals surface area contributed by atoms with E-state index in [1.807, 2.05) is 31.4 Å². The van der Waals surface area contributed by atoms with Gasteiger partial charge in [0.05, 0.1) is 25.9 Å². The number of anilines is 1. The molecule has 25 heavy (non-hydrogen) atoms. The highest BCUT2D eigenvalue weighted by Crippen LogP contribution is 2.29. The topological polar surface area (TPSA) is 76.7 Å². The Kier molecular flexibility index (Phi) is 6.41. The van der Waals surface area contributed by atoms with E-state index in [1.54, 1.807) is 29.5 Å². The Morgan fingerprint density at radius 2 is 1.84 bits per heavy atom. The predicted molar refractivity (Wildman–Crippen MR) is 98.2 cm³/mol. The monoisotopic (exact) mass is 362 g/mol. The Labute approximate surface area is 151 Å². The molecule has 2 rings (SSSR count). The van der Waals surface area contributed by atoms with Gasteiger partial charge in [0.2, 0.25) is 0 Å². The Morgan fingerprint density at radius 3 is 2.40 bits per heavy atom. The van der Waals surface area contributed by atoms with Gasteiger partial charge < -0.3 is 20.1 Å². The van der Waals surface area contributed by atoms with Crippen molar-refractivity contribution in [3.8, 4) is 11.5 Å². The summed E-state index contributed by atoms with van der Waals surface area (Å²) in [6.45, 7) is 3.99. The molecule has 2 aromatic rings. The smallest absolute Gasteiger partial charge is 0.313 e. The molecule has 1 aromatic heterocycles. The predicted octanol–water partition coefficient (Wildman–Crippen LogP) is 3.22. The summed E-state index contributed by atoms with van der Waals surface area (Å²) >= 11 is 1.55. The highest BCUT2D eigenvalue weighted by molar-refractivity contribution is 7.10. The van der Waals surface area contributed by atoms with Crippen molar-refractivity contribution in [1.29, 1.82) is 0 Å². The van der Waals surface area contributed by atoms with Crippen molar-refractivity contribution in [2.75, 3.05) is 19.5 Å². The molecule has 1 atom stereocenters. The fourth-order valence-electron chi connectivity index (χ4n) is 2.33. The van der Waals surface area contributed by atoms with Gasteiger partial charge in [-0.1, -0.05) is 19.9 Å². The molecule has 7 heteroatoms. The number of hydrogen-bond acceptors (Lipinski definition) is 5. The maximum absolute atomic E-state index is 12.3. The molecule has 2 amide bonds. The number of carbonyl (C=O) groups is 2. The number of methoxy groups -OCH3 is 2. The van der Waals surface area contributed by atoms with E-state index < -0.39 is 11.8 Å². The molecule has 0 aliphatic heterocycles. The minimum Gasteiger partial charge on any atom is -0.497 e. The van der Waals surface area contributed by atoms with Crippen LogP contribution in [0, 0.1) is 5.92 Å². The molecule has 6 nitrogen and oxygen atoms in total. The second kappa shape index (κ2) is 8.53. The van der Waals surface area contributed by atoms with Gasteiger partial charge in [-0.3, -0.25) is 9.59 Å². The van der Waals surface area contributed by atoms with Crippen molar-refractivity contribution in [1.82, 2.24) is 5.32 Å². The summed E-state index contributed by atoms with van der Waals surface area (Å²) in [5, 5.41) is 7.31. The van der Waals surface area contributed by atoms with Crippen LogP contribution in [0.2, 0.25) is 0 Å². The molecule has 1 aromatic carbocycles. The fourth-order valence-corrected chi connectivity index (χ4v) is 3.28. The van der Waals surface area contributed by atoms with Crippen LogP contribution < -0.4 is 20.1 Å². The van der Waals surface area contributed by atoms with Crippen LogP contribution in [0.25, 0.3) is 0 Å². The first-order valence-electron chi connectivity index (χ1n) is 7.83. The van der Waals surface area contributed by atoms with Crippen molar-refractivity contribution >= 4 is 28.8 Å². The van der Waals surface area contributed by atoms with E-state index in [4.69, 9.17) is 9.47 Å². The van der Waals surface area contributed by atoms with E-state index in [0.29, 0.717) is 17.2 Å². The van der Waals surface area contributed by atoms with Crippen molar-refractivity contribution in [3.05, 3.63) is 40.6 Å². The van der Waals surface area contributed by atoms with E-state index in [1.165, 1.54) is 14.2 Å². The molecular weight excluding hydrogens is 340 g/mol. The lowest BCUT2D eigenvalue weighted by Crippen LogP contribution is -2.39. The van der Waals surface area contributed by atoms with Crippen LogP contribution in [-0.2, 0) is 9.59 Å². The molecule has 0 saturated heterocycles. The number of carbonyl (C=O) groups excluding carboxylic acids is 2. The average molecular weight is 362 g/mol. The Morgan fingerprint density at radius 1 is 1.08 bits per heavy atom. The third kappa shape index (κ3) is 4.73. The zero-order chi connectivity index (χ0) is 18.4. The van der Waals surface area contributed by atoms with Gasteiger partial charge in [-0.2, -0.15) is 0 Å². The van der Waals surface area contributed by atoms with Gasteiger partial charge in [-0.25, -0.2) is 0 Å². The number of rotatable bonds is 6. The van der Waals surface area contributed by atoms with E-state index in [9.17, 15) is 9.59 Å².